The molecule has 3 heterocycles. The van der Waals surface area contributed by atoms with Crippen LogP contribution in [0.4, 0.5) is 4.39 Å². The molecule has 1 saturated heterocycles. The zero-order valence-electron chi connectivity index (χ0n) is 27.8. The lowest BCUT2D eigenvalue weighted by atomic mass is 10.1. The minimum atomic E-state index is -0.273. The summed E-state index contributed by atoms with van der Waals surface area (Å²) >= 11 is 6.60. The first-order valence-corrected chi connectivity index (χ1v) is 16.9. The van der Waals surface area contributed by atoms with Crippen LogP contribution in [-0.4, -0.2) is 58.5 Å². The number of aryl methyl sites for hydroxylation is 1. The Kier molecular flexibility index (Phi) is 11.7. The molecule has 256 valence electrons. The molecule has 2 aromatic heterocycles. The van der Waals surface area contributed by atoms with Gasteiger partial charge < -0.3 is 19.1 Å². The fraction of sp³-hybridized carbons (Fsp3) is 0.225. The Hall–Kier alpha value is -5.25. The number of aromatic nitrogens is 2. The lowest BCUT2D eigenvalue weighted by Crippen LogP contribution is -2.47. The first kappa shape index (κ1) is 34.6. The van der Waals surface area contributed by atoms with E-state index in [0.29, 0.717) is 54.5 Å². The summed E-state index contributed by atoms with van der Waals surface area (Å²) in [6.07, 6.45) is 7.48. The average Bonchev–Trinajstić information content (AvgIpc) is 3.14. The van der Waals surface area contributed by atoms with Crippen LogP contribution in [0.5, 0.6) is 23.1 Å². The second-order valence-corrected chi connectivity index (χ2v) is 12.4. The Labute approximate surface area is 296 Å². The molecule has 1 amide bonds. The maximum absolute atomic E-state index is 13.1. The van der Waals surface area contributed by atoms with E-state index in [1.54, 1.807) is 54.9 Å². The van der Waals surface area contributed by atoms with Crippen molar-refractivity contribution in [2.45, 2.75) is 26.5 Å². The summed E-state index contributed by atoms with van der Waals surface area (Å²) in [4.78, 5) is 25.8. The normalized spacial score (nSPS) is 13.4. The smallest absolute Gasteiger partial charge is 0.246 e. The van der Waals surface area contributed by atoms with E-state index in [-0.39, 0.29) is 11.7 Å². The van der Waals surface area contributed by atoms with Crippen molar-refractivity contribution >= 4 is 23.6 Å². The molecule has 10 heteroatoms. The van der Waals surface area contributed by atoms with Gasteiger partial charge in [0.15, 0.2) is 5.75 Å². The van der Waals surface area contributed by atoms with Crippen LogP contribution in [-0.2, 0) is 24.4 Å². The number of hydrogen-bond acceptors (Lipinski definition) is 7. The third-order valence-electron chi connectivity index (χ3n) is 8.28. The van der Waals surface area contributed by atoms with E-state index < -0.39 is 0 Å². The van der Waals surface area contributed by atoms with Crippen molar-refractivity contribution in [1.82, 2.24) is 19.8 Å². The molecule has 6 rings (SSSR count). The number of nitrogens with zero attached hydrogens (tertiary/aromatic N) is 4. The van der Waals surface area contributed by atoms with E-state index >= 15 is 0 Å². The molecule has 0 atom stereocenters. The van der Waals surface area contributed by atoms with Gasteiger partial charge in [-0.3, -0.25) is 14.7 Å². The van der Waals surface area contributed by atoms with Gasteiger partial charge in [-0.25, -0.2) is 9.37 Å². The molecule has 0 aliphatic carbocycles. The summed E-state index contributed by atoms with van der Waals surface area (Å²) in [7, 11) is 0. The summed E-state index contributed by atoms with van der Waals surface area (Å²) < 4.78 is 30.5. The number of piperazine rings is 1. The molecular weight excluding hydrogens is 655 g/mol. The number of pyridine rings is 2. The highest BCUT2D eigenvalue weighted by Gasteiger charge is 2.20. The summed E-state index contributed by atoms with van der Waals surface area (Å²) in [6, 6.07) is 27.5. The third-order valence-corrected chi connectivity index (χ3v) is 8.57. The quantitative estimate of drug-likeness (QED) is 0.116. The minimum absolute atomic E-state index is 0.0273. The first-order chi connectivity index (χ1) is 24.4. The zero-order chi connectivity index (χ0) is 34.7. The summed E-state index contributed by atoms with van der Waals surface area (Å²) in [5, 5.41) is 0.425. The monoisotopic (exact) mass is 692 g/mol. The van der Waals surface area contributed by atoms with Crippen LogP contribution in [0.1, 0.15) is 27.9 Å². The van der Waals surface area contributed by atoms with Gasteiger partial charge in [0.2, 0.25) is 11.8 Å². The van der Waals surface area contributed by atoms with Crippen molar-refractivity contribution < 1.29 is 23.4 Å². The SMILES string of the molecule is Cc1cc(C=CC(=O)N2CCN(Cc3ccc(CCOc4ccc(F)cc4)cc3)CC2)cc(Cl)c1Oc1ccc(OCc2ccccn2)cn1. The zero-order valence-corrected chi connectivity index (χ0v) is 28.6. The molecule has 0 unspecified atom stereocenters. The summed E-state index contributed by atoms with van der Waals surface area (Å²) in [6.45, 7) is 6.53. The van der Waals surface area contributed by atoms with E-state index in [1.165, 1.54) is 23.3 Å². The number of rotatable bonds is 13. The minimum Gasteiger partial charge on any atom is -0.493 e. The summed E-state index contributed by atoms with van der Waals surface area (Å²) in [5.41, 5.74) is 4.87. The topological polar surface area (TPSA) is 77.0 Å². The molecule has 1 aliphatic heterocycles. The maximum Gasteiger partial charge on any atom is 0.246 e. The Balaban J connectivity index is 0.933. The number of carbonyl (C=O) groups is 1. The molecule has 8 nitrogen and oxygen atoms in total. The number of benzene rings is 3. The molecule has 0 bridgehead atoms. The maximum atomic E-state index is 13.1. The van der Waals surface area contributed by atoms with Gasteiger partial charge in [0.05, 0.1) is 23.5 Å². The van der Waals surface area contributed by atoms with Gasteiger partial charge in [0.1, 0.15) is 23.9 Å². The Morgan fingerprint density at radius 2 is 1.64 bits per heavy atom. The molecule has 1 fully saturated rings. The number of carbonyl (C=O) groups excluding carboxylic acids is 1. The van der Waals surface area contributed by atoms with Crippen molar-refractivity contribution in [1.29, 1.82) is 0 Å². The lowest BCUT2D eigenvalue weighted by Gasteiger charge is -2.34. The highest BCUT2D eigenvalue weighted by Crippen LogP contribution is 2.34. The molecule has 3 aromatic carbocycles. The molecule has 0 spiro atoms. The van der Waals surface area contributed by atoms with Crippen molar-refractivity contribution in [3.05, 3.63) is 148 Å². The number of amides is 1. The van der Waals surface area contributed by atoms with Crippen molar-refractivity contribution in [3.8, 4) is 23.1 Å². The van der Waals surface area contributed by atoms with E-state index in [0.717, 1.165) is 42.9 Å². The predicted molar refractivity (Wildman–Crippen MR) is 192 cm³/mol. The third kappa shape index (κ3) is 9.90. The van der Waals surface area contributed by atoms with Gasteiger partial charge in [0.25, 0.3) is 0 Å². The second-order valence-electron chi connectivity index (χ2n) is 12.0. The van der Waals surface area contributed by atoms with Gasteiger partial charge in [-0.1, -0.05) is 41.9 Å². The summed E-state index contributed by atoms with van der Waals surface area (Å²) in [5.74, 6) is 1.86. The van der Waals surface area contributed by atoms with Gasteiger partial charge in [0, 0.05) is 57.5 Å². The van der Waals surface area contributed by atoms with Crippen molar-refractivity contribution in [2.24, 2.45) is 0 Å². The van der Waals surface area contributed by atoms with Crippen LogP contribution in [0.2, 0.25) is 5.02 Å². The molecule has 0 N–H and O–H groups in total. The Morgan fingerprint density at radius 1 is 0.880 bits per heavy atom. The standard InChI is InChI=1S/C40H38ClFN4O4/c1-29-24-32(25-37(41)40(29)50-38-15-14-36(26-44-38)49-28-34-4-2-3-18-43-34)9-16-39(47)46-21-19-45(20-22-46)27-31-7-5-30(6-8-31)17-23-48-35-12-10-33(42)11-13-35/h2-16,18,24-26H,17,19-23,27-28H2,1H3. The van der Waals surface area contributed by atoms with E-state index in [1.807, 2.05) is 36.1 Å². The van der Waals surface area contributed by atoms with E-state index in [9.17, 15) is 9.18 Å². The van der Waals surface area contributed by atoms with Crippen LogP contribution in [0.15, 0.2) is 109 Å². The van der Waals surface area contributed by atoms with E-state index in [4.69, 9.17) is 25.8 Å². The van der Waals surface area contributed by atoms with Gasteiger partial charge >= 0.3 is 0 Å². The molecule has 0 saturated carbocycles. The van der Waals surface area contributed by atoms with Crippen LogP contribution in [0.25, 0.3) is 6.08 Å². The fourth-order valence-corrected chi connectivity index (χ4v) is 5.84. The Bertz CT molecular complexity index is 1860. The molecule has 50 heavy (non-hydrogen) atoms. The van der Waals surface area contributed by atoms with Gasteiger partial charge in [-0.05, 0) is 89.9 Å². The largest absolute Gasteiger partial charge is 0.493 e. The second kappa shape index (κ2) is 16.9. The van der Waals surface area contributed by atoms with Crippen LogP contribution >= 0.6 is 11.6 Å². The lowest BCUT2D eigenvalue weighted by molar-refractivity contribution is -0.127. The molecule has 5 aromatic rings. The van der Waals surface area contributed by atoms with Crippen LogP contribution < -0.4 is 14.2 Å². The number of ether oxygens (including phenoxy) is 3. The molecule has 1 aliphatic rings. The number of halogens is 2. The molecule has 0 radical (unpaired) electrons. The molecular formula is C40H38ClFN4O4. The predicted octanol–water partition coefficient (Wildman–Crippen LogP) is 7.93. The Morgan fingerprint density at radius 3 is 2.34 bits per heavy atom. The van der Waals surface area contributed by atoms with Crippen molar-refractivity contribution in [2.75, 3.05) is 32.8 Å². The number of hydrogen-bond donors (Lipinski definition) is 0. The fourth-order valence-electron chi connectivity index (χ4n) is 5.53. The average molecular weight is 693 g/mol. The van der Waals surface area contributed by atoms with Crippen LogP contribution in [0, 0.1) is 12.7 Å². The highest BCUT2D eigenvalue weighted by molar-refractivity contribution is 6.32. The van der Waals surface area contributed by atoms with Gasteiger partial charge in [-0.15, -0.1) is 0 Å². The van der Waals surface area contributed by atoms with Gasteiger partial charge in [-0.2, -0.15) is 0 Å². The first-order valence-electron chi connectivity index (χ1n) is 16.5. The van der Waals surface area contributed by atoms with Crippen molar-refractivity contribution in [3.63, 3.8) is 0 Å². The van der Waals surface area contributed by atoms with Crippen LogP contribution in [0.3, 0.4) is 0 Å². The highest BCUT2D eigenvalue weighted by atomic mass is 35.5. The van der Waals surface area contributed by atoms with E-state index in [2.05, 4.69) is 39.1 Å².